The fraction of sp³-hybridized carbons (Fsp3) is 0.762. The summed E-state index contributed by atoms with van der Waals surface area (Å²) in [7, 11) is 0. The molecule has 2 nitrogen and oxygen atoms in total. The van der Waals surface area contributed by atoms with E-state index in [1.165, 1.54) is 39.0 Å². The molecule has 0 amide bonds. The van der Waals surface area contributed by atoms with Gasteiger partial charge in [0.25, 0.3) is 0 Å². The molecule has 126 valence electrons. The van der Waals surface area contributed by atoms with Crippen molar-refractivity contribution in [3.05, 3.63) is 24.3 Å². The van der Waals surface area contributed by atoms with Crippen LogP contribution in [0.2, 0.25) is 0 Å². The highest BCUT2D eigenvalue weighted by atomic mass is 16.5. The summed E-state index contributed by atoms with van der Waals surface area (Å²) in [6.45, 7) is 6.49. The largest absolute Gasteiger partial charge is 0.458 e. The Labute approximate surface area is 140 Å². The van der Waals surface area contributed by atoms with Gasteiger partial charge in [-0.1, -0.05) is 32.1 Å². The van der Waals surface area contributed by atoms with Crippen LogP contribution in [0, 0.1) is 34.5 Å². The quantitative estimate of drug-likeness (QED) is 0.508. The summed E-state index contributed by atoms with van der Waals surface area (Å²) in [5, 5.41) is 0. The van der Waals surface area contributed by atoms with Crippen molar-refractivity contribution in [2.24, 2.45) is 34.5 Å². The van der Waals surface area contributed by atoms with Gasteiger partial charge in [0.1, 0.15) is 6.10 Å². The van der Waals surface area contributed by atoms with E-state index < -0.39 is 0 Å². The summed E-state index contributed by atoms with van der Waals surface area (Å²) >= 11 is 0. The summed E-state index contributed by atoms with van der Waals surface area (Å²) in [5.74, 6) is 3.08. The van der Waals surface area contributed by atoms with Crippen molar-refractivity contribution in [1.82, 2.24) is 0 Å². The highest BCUT2D eigenvalue weighted by Crippen LogP contribution is 2.63. The van der Waals surface area contributed by atoms with Crippen LogP contribution in [-0.2, 0) is 9.53 Å². The summed E-state index contributed by atoms with van der Waals surface area (Å²) in [6, 6.07) is 0. The van der Waals surface area contributed by atoms with Crippen LogP contribution in [0.3, 0.4) is 0 Å². The molecular weight excluding hydrogens is 284 g/mol. The van der Waals surface area contributed by atoms with Crippen molar-refractivity contribution in [3.63, 3.8) is 0 Å². The molecule has 0 saturated heterocycles. The van der Waals surface area contributed by atoms with Gasteiger partial charge in [-0.3, -0.25) is 4.79 Å². The number of carbonyl (C=O) groups excluding carboxylic acids is 1. The predicted molar refractivity (Wildman–Crippen MR) is 91.7 cm³/mol. The summed E-state index contributed by atoms with van der Waals surface area (Å²) < 4.78 is 5.47. The number of allylic oxidation sites excluding steroid dienone is 3. The summed E-state index contributed by atoms with van der Waals surface area (Å²) in [6.07, 6.45) is 17.2. The lowest BCUT2D eigenvalue weighted by Gasteiger charge is -2.58. The second-order valence-electron chi connectivity index (χ2n) is 8.94. The maximum atomic E-state index is 11.3. The lowest BCUT2D eigenvalue weighted by atomic mass is 9.46. The SMILES string of the molecule is CC(=O)OC1C=C[C@@]2(C)C(CC[C@H]3[C@@H]4CC=C[C@@]4(C)CC[C@@H]32)C1. The number of rotatable bonds is 1. The van der Waals surface area contributed by atoms with Crippen LogP contribution in [0.15, 0.2) is 24.3 Å². The van der Waals surface area contributed by atoms with Gasteiger partial charge in [-0.15, -0.1) is 0 Å². The number of fused-ring (bicyclic) bond motifs is 5. The number of hydrogen-bond acceptors (Lipinski definition) is 2. The van der Waals surface area contributed by atoms with Gasteiger partial charge in [0.2, 0.25) is 0 Å². The van der Waals surface area contributed by atoms with E-state index >= 15 is 0 Å². The van der Waals surface area contributed by atoms with Gasteiger partial charge in [-0.05, 0) is 79.1 Å². The van der Waals surface area contributed by atoms with Crippen molar-refractivity contribution < 1.29 is 9.53 Å². The average molecular weight is 314 g/mol. The number of carbonyl (C=O) groups is 1. The highest BCUT2D eigenvalue weighted by Gasteiger charge is 2.56. The third kappa shape index (κ3) is 2.32. The Balaban J connectivity index is 1.59. The van der Waals surface area contributed by atoms with E-state index in [4.69, 9.17) is 4.74 Å². The van der Waals surface area contributed by atoms with E-state index in [1.807, 2.05) is 0 Å². The van der Waals surface area contributed by atoms with Gasteiger partial charge >= 0.3 is 5.97 Å². The topological polar surface area (TPSA) is 26.3 Å². The number of hydrogen-bond donors (Lipinski definition) is 0. The normalized spacial score (nSPS) is 50.8. The second-order valence-corrected chi connectivity index (χ2v) is 8.94. The first-order valence-electron chi connectivity index (χ1n) is 9.47. The third-order valence-corrected chi connectivity index (χ3v) is 7.79. The van der Waals surface area contributed by atoms with Crippen LogP contribution < -0.4 is 0 Å². The molecule has 0 aromatic heterocycles. The first-order valence-corrected chi connectivity index (χ1v) is 9.47. The molecule has 4 rings (SSSR count). The van der Waals surface area contributed by atoms with Crippen LogP contribution in [-0.4, -0.2) is 12.1 Å². The molecule has 2 heteroatoms. The van der Waals surface area contributed by atoms with Crippen LogP contribution in [0.4, 0.5) is 0 Å². The molecule has 0 aromatic rings. The zero-order chi connectivity index (χ0) is 16.2. The molecule has 4 aliphatic rings. The molecule has 0 aromatic carbocycles. The molecule has 2 fully saturated rings. The Morgan fingerprint density at radius 3 is 2.74 bits per heavy atom. The fourth-order valence-corrected chi connectivity index (χ4v) is 6.56. The molecule has 0 N–H and O–H groups in total. The summed E-state index contributed by atoms with van der Waals surface area (Å²) in [5.41, 5.74) is 0.770. The minimum Gasteiger partial charge on any atom is -0.458 e. The molecule has 0 radical (unpaired) electrons. The molecule has 0 spiro atoms. The van der Waals surface area contributed by atoms with E-state index in [-0.39, 0.29) is 12.1 Å². The first-order chi connectivity index (χ1) is 10.9. The van der Waals surface area contributed by atoms with E-state index in [9.17, 15) is 4.79 Å². The number of ether oxygens (including phenoxy) is 1. The predicted octanol–water partition coefficient (Wildman–Crippen LogP) is 4.90. The Morgan fingerprint density at radius 1 is 1.13 bits per heavy atom. The molecular formula is C21H30O2. The van der Waals surface area contributed by atoms with E-state index in [2.05, 4.69) is 38.2 Å². The molecule has 23 heavy (non-hydrogen) atoms. The van der Waals surface area contributed by atoms with E-state index in [1.54, 1.807) is 0 Å². The van der Waals surface area contributed by atoms with Gasteiger partial charge in [0.15, 0.2) is 0 Å². The number of esters is 1. The van der Waals surface area contributed by atoms with Crippen molar-refractivity contribution in [2.75, 3.05) is 0 Å². The Morgan fingerprint density at radius 2 is 1.96 bits per heavy atom. The maximum absolute atomic E-state index is 11.3. The van der Waals surface area contributed by atoms with Gasteiger partial charge in [0.05, 0.1) is 0 Å². The molecule has 0 bridgehead atoms. The smallest absolute Gasteiger partial charge is 0.303 e. The van der Waals surface area contributed by atoms with Gasteiger partial charge in [-0.2, -0.15) is 0 Å². The van der Waals surface area contributed by atoms with Crippen LogP contribution in [0.1, 0.15) is 59.3 Å². The standard InChI is InChI=1S/C21H30O2/c1-14(22)23-16-8-12-21(3)15(13-16)6-7-17-18-5-4-10-20(18,2)11-9-19(17)21/h4,8,10,12,15-19H,5-7,9,11,13H2,1-3H3/t15?,16?,17-,18-,19-,20-,21-/m0/s1. The Kier molecular flexibility index (Phi) is 3.52. The minimum absolute atomic E-state index is 0.00382. The molecule has 2 unspecified atom stereocenters. The highest BCUT2D eigenvalue weighted by molar-refractivity contribution is 5.66. The molecule has 0 aliphatic heterocycles. The van der Waals surface area contributed by atoms with Crippen LogP contribution >= 0.6 is 0 Å². The van der Waals surface area contributed by atoms with Gasteiger partial charge in [0, 0.05) is 6.92 Å². The first kappa shape index (κ1) is 15.5. The van der Waals surface area contributed by atoms with E-state index in [0.29, 0.717) is 16.7 Å². The Hall–Kier alpha value is -1.05. The van der Waals surface area contributed by atoms with Crippen molar-refractivity contribution >= 4 is 5.97 Å². The van der Waals surface area contributed by atoms with Crippen molar-refractivity contribution in [3.8, 4) is 0 Å². The van der Waals surface area contributed by atoms with Crippen LogP contribution in [0.5, 0.6) is 0 Å². The Bertz CT molecular complexity index is 562. The minimum atomic E-state index is -0.151. The summed E-state index contributed by atoms with van der Waals surface area (Å²) in [4.78, 5) is 11.3. The second kappa shape index (κ2) is 5.22. The van der Waals surface area contributed by atoms with Crippen molar-refractivity contribution in [1.29, 1.82) is 0 Å². The van der Waals surface area contributed by atoms with Crippen LogP contribution in [0.25, 0.3) is 0 Å². The van der Waals surface area contributed by atoms with Crippen molar-refractivity contribution in [2.45, 2.75) is 65.4 Å². The molecule has 4 aliphatic carbocycles. The van der Waals surface area contributed by atoms with Gasteiger partial charge < -0.3 is 4.74 Å². The zero-order valence-electron chi connectivity index (χ0n) is 14.8. The monoisotopic (exact) mass is 314 g/mol. The van der Waals surface area contributed by atoms with E-state index in [0.717, 1.165) is 24.2 Å². The molecule has 0 heterocycles. The van der Waals surface area contributed by atoms with Gasteiger partial charge in [-0.25, -0.2) is 0 Å². The zero-order valence-corrected chi connectivity index (χ0v) is 14.8. The molecule has 7 atom stereocenters. The fourth-order valence-electron chi connectivity index (χ4n) is 6.56. The average Bonchev–Trinajstić information content (AvgIpc) is 2.89. The lowest BCUT2D eigenvalue weighted by molar-refractivity contribution is -0.147. The maximum Gasteiger partial charge on any atom is 0.303 e. The molecule has 2 saturated carbocycles. The third-order valence-electron chi connectivity index (χ3n) is 7.79. The lowest BCUT2D eigenvalue weighted by Crippen LogP contribution is -2.51.